The quantitative estimate of drug-likeness (QED) is 0.821. The molecule has 94 valence electrons. The molecular weight excluding hydrogens is 212 g/mol. The first kappa shape index (κ1) is 15.3. The molecule has 0 aliphatic carbocycles. The van der Waals surface area contributed by atoms with Crippen molar-refractivity contribution in [2.45, 2.75) is 34.6 Å². The normalized spacial score (nSPS) is 8.59. The van der Waals surface area contributed by atoms with Crippen molar-refractivity contribution < 1.29 is 0 Å². The lowest BCUT2D eigenvalue weighted by Crippen LogP contribution is -1.97. The van der Waals surface area contributed by atoms with Gasteiger partial charge in [-0.05, 0) is 13.0 Å². The lowest BCUT2D eigenvalue weighted by atomic mass is 10.3. The van der Waals surface area contributed by atoms with Gasteiger partial charge in [-0.2, -0.15) is 0 Å². The third-order valence-electron chi connectivity index (χ3n) is 1.82. The number of nitrogens with one attached hydrogen (secondary N) is 1. The van der Waals surface area contributed by atoms with Crippen LogP contribution in [0.4, 0.5) is 5.82 Å². The van der Waals surface area contributed by atoms with E-state index in [0.717, 1.165) is 22.5 Å². The van der Waals surface area contributed by atoms with Gasteiger partial charge in [0.05, 0.1) is 5.52 Å². The van der Waals surface area contributed by atoms with Crippen LogP contribution in [0.15, 0.2) is 18.5 Å². The van der Waals surface area contributed by atoms with Gasteiger partial charge in [0.1, 0.15) is 5.52 Å². The number of hydrogen-bond donors (Lipinski definition) is 1. The van der Waals surface area contributed by atoms with Crippen LogP contribution in [0.5, 0.6) is 0 Å². The van der Waals surface area contributed by atoms with Gasteiger partial charge in [-0.25, -0.2) is 9.97 Å². The van der Waals surface area contributed by atoms with Crippen molar-refractivity contribution in [1.82, 2.24) is 15.0 Å². The summed E-state index contributed by atoms with van der Waals surface area (Å²) in [6.07, 6.45) is 3.35. The standard InChI is InChI=1S/C9H10N4.2C2H6/c1-6-5-7-8(9(10-2)13-6)12-4-3-11-7;2*1-2/h3-5H,1-2H3,(H,10,13);2*1-2H3. The van der Waals surface area contributed by atoms with Gasteiger partial charge >= 0.3 is 0 Å². The van der Waals surface area contributed by atoms with Crippen LogP contribution in [0, 0.1) is 6.92 Å². The minimum atomic E-state index is 0.781. The fourth-order valence-electron chi connectivity index (χ4n) is 1.27. The maximum absolute atomic E-state index is 4.31. The number of fused-ring (bicyclic) bond motifs is 1. The van der Waals surface area contributed by atoms with Gasteiger partial charge in [0.2, 0.25) is 0 Å². The first-order valence-corrected chi connectivity index (χ1v) is 6.07. The van der Waals surface area contributed by atoms with Crippen LogP contribution in [0.2, 0.25) is 0 Å². The van der Waals surface area contributed by atoms with E-state index in [1.165, 1.54) is 0 Å². The summed E-state index contributed by atoms with van der Waals surface area (Å²) in [7, 11) is 1.83. The second kappa shape index (κ2) is 8.44. The van der Waals surface area contributed by atoms with E-state index in [2.05, 4.69) is 20.3 Å². The Bertz CT molecular complexity index is 440. The maximum atomic E-state index is 4.31. The fourth-order valence-corrected chi connectivity index (χ4v) is 1.27. The van der Waals surface area contributed by atoms with Crippen LogP contribution < -0.4 is 5.32 Å². The molecule has 0 spiro atoms. The largest absolute Gasteiger partial charge is 0.371 e. The van der Waals surface area contributed by atoms with E-state index < -0.39 is 0 Å². The summed E-state index contributed by atoms with van der Waals surface area (Å²) >= 11 is 0. The minimum absolute atomic E-state index is 0.781. The second-order valence-electron chi connectivity index (χ2n) is 2.79. The summed E-state index contributed by atoms with van der Waals surface area (Å²) in [5.41, 5.74) is 2.63. The summed E-state index contributed by atoms with van der Waals surface area (Å²) in [4.78, 5) is 12.7. The lowest BCUT2D eigenvalue weighted by molar-refractivity contribution is 1.17. The first-order valence-electron chi connectivity index (χ1n) is 6.07. The molecule has 2 rings (SSSR count). The Labute approximate surface area is 104 Å². The highest BCUT2D eigenvalue weighted by Crippen LogP contribution is 2.16. The lowest BCUT2D eigenvalue weighted by Gasteiger charge is -2.03. The zero-order valence-electron chi connectivity index (χ0n) is 11.6. The van der Waals surface area contributed by atoms with Crippen LogP contribution in [-0.2, 0) is 0 Å². The first-order chi connectivity index (χ1) is 8.31. The Morgan fingerprint density at radius 3 is 2.18 bits per heavy atom. The van der Waals surface area contributed by atoms with E-state index in [1.54, 1.807) is 12.4 Å². The highest BCUT2D eigenvalue weighted by molar-refractivity contribution is 5.85. The van der Waals surface area contributed by atoms with E-state index in [-0.39, 0.29) is 0 Å². The minimum Gasteiger partial charge on any atom is -0.371 e. The van der Waals surface area contributed by atoms with Crippen molar-refractivity contribution in [2.75, 3.05) is 12.4 Å². The number of nitrogens with zero attached hydrogens (tertiary/aromatic N) is 3. The number of aromatic nitrogens is 3. The highest BCUT2D eigenvalue weighted by Gasteiger charge is 2.03. The van der Waals surface area contributed by atoms with E-state index in [9.17, 15) is 0 Å². The van der Waals surface area contributed by atoms with Crippen molar-refractivity contribution in [3.8, 4) is 0 Å². The number of aryl methyl sites for hydroxylation is 1. The molecule has 0 saturated carbocycles. The Morgan fingerprint density at radius 2 is 1.59 bits per heavy atom. The molecule has 2 aromatic rings. The number of pyridine rings is 1. The molecular formula is C13H22N4. The predicted octanol–water partition coefficient (Wildman–Crippen LogP) is 3.43. The molecule has 0 amide bonds. The molecule has 0 saturated heterocycles. The molecule has 0 fully saturated rings. The number of hydrogen-bond acceptors (Lipinski definition) is 4. The summed E-state index contributed by atoms with van der Waals surface area (Å²) in [6.45, 7) is 9.94. The third kappa shape index (κ3) is 3.98. The molecule has 0 aliphatic rings. The van der Waals surface area contributed by atoms with E-state index >= 15 is 0 Å². The van der Waals surface area contributed by atoms with Gasteiger partial charge in [0.25, 0.3) is 0 Å². The van der Waals surface area contributed by atoms with Gasteiger partial charge in [-0.1, -0.05) is 27.7 Å². The summed E-state index contributed by atoms with van der Waals surface area (Å²) in [6, 6.07) is 1.92. The molecule has 0 unspecified atom stereocenters. The monoisotopic (exact) mass is 234 g/mol. The van der Waals surface area contributed by atoms with Gasteiger partial charge in [0, 0.05) is 25.1 Å². The molecule has 1 N–H and O–H groups in total. The average Bonchev–Trinajstić information content (AvgIpc) is 2.42. The molecule has 0 bridgehead atoms. The Balaban J connectivity index is 0.000000581. The van der Waals surface area contributed by atoms with Crippen molar-refractivity contribution in [3.63, 3.8) is 0 Å². The number of rotatable bonds is 1. The van der Waals surface area contributed by atoms with Crippen LogP contribution >= 0.6 is 0 Å². The Hall–Kier alpha value is -1.71. The number of anilines is 1. The van der Waals surface area contributed by atoms with Gasteiger partial charge < -0.3 is 5.32 Å². The van der Waals surface area contributed by atoms with E-state index in [1.807, 2.05) is 47.7 Å². The predicted molar refractivity (Wildman–Crippen MR) is 74.3 cm³/mol. The van der Waals surface area contributed by atoms with Crippen LogP contribution in [-0.4, -0.2) is 22.0 Å². The topological polar surface area (TPSA) is 50.7 Å². The molecule has 0 aromatic carbocycles. The van der Waals surface area contributed by atoms with Crippen molar-refractivity contribution >= 4 is 16.9 Å². The summed E-state index contributed by atoms with van der Waals surface area (Å²) in [5, 5.41) is 3.00. The molecule has 2 heterocycles. The van der Waals surface area contributed by atoms with Crippen LogP contribution in [0.3, 0.4) is 0 Å². The molecule has 4 nitrogen and oxygen atoms in total. The molecule has 4 heteroatoms. The Morgan fingerprint density at radius 1 is 1.00 bits per heavy atom. The van der Waals surface area contributed by atoms with Crippen molar-refractivity contribution in [3.05, 3.63) is 24.2 Å². The highest BCUT2D eigenvalue weighted by atomic mass is 15.0. The van der Waals surface area contributed by atoms with Gasteiger partial charge in [0.15, 0.2) is 5.82 Å². The molecule has 0 aliphatic heterocycles. The zero-order valence-corrected chi connectivity index (χ0v) is 11.6. The third-order valence-corrected chi connectivity index (χ3v) is 1.82. The SMILES string of the molecule is CC.CC.CNc1nc(C)cc2nccnc12. The summed E-state index contributed by atoms with van der Waals surface area (Å²) in [5.74, 6) is 0.781. The summed E-state index contributed by atoms with van der Waals surface area (Å²) < 4.78 is 0. The van der Waals surface area contributed by atoms with Crippen molar-refractivity contribution in [2.24, 2.45) is 0 Å². The molecule has 0 radical (unpaired) electrons. The van der Waals surface area contributed by atoms with Crippen LogP contribution in [0.25, 0.3) is 11.0 Å². The average molecular weight is 234 g/mol. The van der Waals surface area contributed by atoms with Crippen molar-refractivity contribution in [1.29, 1.82) is 0 Å². The molecule has 17 heavy (non-hydrogen) atoms. The maximum Gasteiger partial charge on any atom is 0.154 e. The van der Waals surface area contributed by atoms with Gasteiger partial charge in [-0.3, -0.25) is 4.98 Å². The van der Waals surface area contributed by atoms with E-state index in [0.29, 0.717) is 0 Å². The fraction of sp³-hybridized carbons (Fsp3) is 0.462. The smallest absolute Gasteiger partial charge is 0.154 e. The second-order valence-corrected chi connectivity index (χ2v) is 2.79. The van der Waals surface area contributed by atoms with Crippen LogP contribution in [0.1, 0.15) is 33.4 Å². The van der Waals surface area contributed by atoms with E-state index in [4.69, 9.17) is 0 Å². The van der Waals surface area contributed by atoms with Gasteiger partial charge in [-0.15, -0.1) is 0 Å². The molecule has 0 atom stereocenters. The Kier molecular flexibility index (Phi) is 7.59. The molecule has 2 aromatic heterocycles. The zero-order chi connectivity index (χ0) is 13.3.